The molecule has 0 spiro atoms. The van der Waals surface area contributed by atoms with Crippen LogP contribution >= 0.6 is 0 Å². The van der Waals surface area contributed by atoms with Gasteiger partial charge < -0.3 is 35.6 Å². The molecule has 1 aromatic carbocycles. The molecule has 1 aromatic rings. The van der Waals surface area contributed by atoms with Crippen molar-refractivity contribution in [1.29, 1.82) is 5.26 Å². The molecule has 2 aliphatic rings. The number of carbonyl (C=O) groups is 4. The quantitative estimate of drug-likeness (QED) is 0.178. The number of hydrogen-bond donors (Lipinski definition) is 3. The Morgan fingerprint density at radius 2 is 1.76 bits per heavy atom. The largest absolute Gasteiger partial charge is 0.399 e. The molecular formula is C41H67N7O6. The van der Waals surface area contributed by atoms with Gasteiger partial charge >= 0.3 is 0 Å². The van der Waals surface area contributed by atoms with Crippen LogP contribution in [0.15, 0.2) is 24.3 Å². The van der Waals surface area contributed by atoms with E-state index in [1.807, 2.05) is 46.0 Å². The number of methoxy groups -OCH3 is 2. The van der Waals surface area contributed by atoms with Crippen molar-refractivity contribution in [1.82, 2.24) is 25.3 Å². The maximum atomic E-state index is 14.2. The molecule has 54 heavy (non-hydrogen) atoms. The number of amides is 4. The van der Waals surface area contributed by atoms with Gasteiger partial charge in [-0.1, -0.05) is 59.6 Å². The number of anilines is 1. The molecule has 4 amide bonds. The van der Waals surface area contributed by atoms with Crippen molar-refractivity contribution in [3.05, 3.63) is 29.8 Å². The second kappa shape index (κ2) is 21.4. The Kier molecular flexibility index (Phi) is 17.7. The van der Waals surface area contributed by atoms with Crippen molar-refractivity contribution in [2.75, 3.05) is 47.1 Å². The van der Waals surface area contributed by atoms with Gasteiger partial charge in [-0.15, -0.1) is 0 Å². The first-order chi connectivity index (χ1) is 25.7. The molecular weight excluding hydrogens is 686 g/mol. The summed E-state index contributed by atoms with van der Waals surface area (Å²) in [5, 5.41) is 15.6. The zero-order valence-electron chi connectivity index (χ0n) is 34.2. The lowest BCUT2D eigenvalue weighted by Gasteiger charge is -2.41. The van der Waals surface area contributed by atoms with Crippen molar-refractivity contribution < 1.29 is 28.7 Å². The van der Waals surface area contributed by atoms with E-state index in [0.29, 0.717) is 25.1 Å². The lowest BCUT2D eigenvalue weighted by Crippen LogP contribution is -2.59. The fourth-order valence-corrected chi connectivity index (χ4v) is 8.32. The Balaban J connectivity index is 1.75. The van der Waals surface area contributed by atoms with Gasteiger partial charge in [-0.2, -0.15) is 5.26 Å². The van der Waals surface area contributed by atoms with E-state index in [-0.39, 0.29) is 60.4 Å². The van der Waals surface area contributed by atoms with Crippen LogP contribution < -0.4 is 16.4 Å². The molecule has 0 radical (unpaired) electrons. The van der Waals surface area contributed by atoms with Crippen LogP contribution in [0.1, 0.15) is 91.5 Å². The molecule has 13 nitrogen and oxygen atoms in total. The van der Waals surface area contributed by atoms with E-state index < -0.39 is 36.3 Å². The topological polar surface area (TPSA) is 170 Å². The molecule has 302 valence electrons. The maximum absolute atomic E-state index is 14.2. The van der Waals surface area contributed by atoms with Crippen LogP contribution in [-0.4, -0.2) is 122 Å². The lowest BCUT2D eigenvalue weighted by molar-refractivity contribution is -0.148. The maximum Gasteiger partial charge on any atom is 0.245 e. The summed E-state index contributed by atoms with van der Waals surface area (Å²) in [5.74, 6) is -1.50. The molecule has 0 saturated carbocycles. The summed E-state index contributed by atoms with van der Waals surface area (Å²) in [6.07, 6.45) is 4.39. The molecule has 13 heteroatoms. The van der Waals surface area contributed by atoms with E-state index in [2.05, 4.69) is 28.5 Å². The minimum Gasteiger partial charge on any atom is -0.399 e. The van der Waals surface area contributed by atoms with Crippen LogP contribution in [0.2, 0.25) is 0 Å². The Morgan fingerprint density at radius 3 is 2.35 bits per heavy atom. The number of likely N-dealkylation sites (N-methyl/N-ethyl adjacent to an activating group) is 2. The molecule has 0 bridgehead atoms. The van der Waals surface area contributed by atoms with Crippen LogP contribution in [0.3, 0.4) is 0 Å². The van der Waals surface area contributed by atoms with Crippen LogP contribution in [0.4, 0.5) is 5.69 Å². The van der Waals surface area contributed by atoms with Gasteiger partial charge in [-0.25, -0.2) is 0 Å². The highest BCUT2D eigenvalue weighted by Gasteiger charge is 2.43. The molecule has 1 unspecified atom stereocenters. The smallest absolute Gasteiger partial charge is 0.245 e. The highest BCUT2D eigenvalue weighted by Crippen LogP contribution is 2.30. The molecule has 9 atom stereocenters. The Morgan fingerprint density at radius 1 is 1.04 bits per heavy atom. The number of hydrogen-bond acceptors (Lipinski definition) is 9. The van der Waals surface area contributed by atoms with Gasteiger partial charge in [0.1, 0.15) is 6.04 Å². The Bertz CT molecular complexity index is 1430. The third kappa shape index (κ3) is 11.6. The van der Waals surface area contributed by atoms with Gasteiger partial charge in [0.25, 0.3) is 0 Å². The summed E-state index contributed by atoms with van der Waals surface area (Å²) in [6.45, 7) is 11.1. The number of ether oxygens (including phenoxy) is 2. The summed E-state index contributed by atoms with van der Waals surface area (Å²) in [6, 6.07) is 7.38. The van der Waals surface area contributed by atoms with Gasteiger partial charge in [-0.05, 0) is 75.2 Å². The van der Waals surface area contributed by atoms with E-state index >= 15 is 0 Å². The second-order valence-corrected chi connectivity index (χ2v) is 15.8. The molecule has 2 saturated heterocycles. The van der Waals surface area contributed by atoms with Crippen molar-refractivity contribution in [2.24, 2.45) is 17.8 Å². The second-order valence-electron chi connectivity index (χ2n) is 15.8. The summed E-state index contributed by atoms with van der Waals surface area (Å²) in [7, 11) is 6.82. The first-order valence-corrected chi connectivity index (χ1v) is 19.8. The summed E-state index contributed by atoms with van der Waals surface area (Å²) in [5.41, 5.74) is 7.49. The SMILES string of the molecule is CC[C@H](C)[C@@H]([C@@H](CC(=O)N1CCC[C@H]1[C@H](OC)[C@@H](C)C(=O)N[C@H](CC#N)Cc1cccc(N)c1)OC)N(C)C(=O)[C@@H](NC(=O)C1CCCCN1C)C(C)C. The predicted molar refractivity (Wildman–Crippen MR) is 210 cm³/mol. The monoisotopic (exact) mass is 754 g/mol. The Labute approximate surface area is 323 Å². The van der Waals surface area contributed by atoms with E-state index in [4.69, 9.17) is 15.2 Å². The van der Waals surface area contributed by atoms with Crippen molar-refractivity contribution in [2.45, 2.75) is 135 Å². The average Bonchev–Trinajstić information content (AvgIpc) is 3.63. The van der Waals surface area contributed by atoms with Gasteiger partial charge in [0.05, 0.1) is 55.2 Å². The van der Waals surface area contributed by atoms with Crippen molar-refractivity contribution >= 4 is 29.3 Å². The number of nitrogen functional groups attached to an aromatic ring is 1. The highest BCUT2D eigenvalue weighted by atomic mass is 16.5. The standard InChI is InChI=1S/C41H67N7O6/c1-10-27(4)37(47(7)41(52)36(26(2)3)45-40(51)33-17-11-12-21-46(33)6)34(53-8)25-35(49)48-22-14-18-32(48)38(54-9)28(5)39(50)44-31(19-20-42)24-29-15-13-16-30(43)23-29/h13,15-16,23,26-28,31-34,36-38H,10-12,14,17-19,21-22,24-25,43H2,1-9H3,(H,44,50)(H,45,51)/t27-,28+,31+,32-,33?,34+,36-,37-,38+/m0/s1. The number of carbonyl (C=O) groups excluding carboxylic acids is 4. The highest BCUT2D eigenvalue weighted by molar-refractivity contribution is 5.90. The first-order valence-electron chi connectivity index (χ1n) is 19.8. The molecule has 4 N–H and O–H groups in total. The summed E-state index contributed by atoms with van der Waals surface area (Å²) >= 11 is 0. The normalized spacial score (nSPS) is 21.6. The fraction of sp³-hybridized carbons (Fsp3) is 0.732. The van der Waals surface area contributed by atoms with Gasteiger partial charge in [0.15, 0.2) is 0 Å². The number of nitrogens with zero attached hydrogens (tertiary/aromatic N) is 4. The number of likely N-dealkylation sites (tertiary alicyclic amines) is 2. The summed E-state index contributed by atoms with van der Waals surface area (Å²) < 4.78 is 12.0. The van der Waals surface area contributed by atoms with Crippen LogP contribution in [0.25, 0.3) is 0 Å². The summed E-state index contributed by atoms with van der Waals surface area (Å²) in [4.78, 5) is 61.0. The zero-order valence-corrected chi connectivity index (χ0v) is 34.2. The lowest BCUT2D eigenvalue weighted by atomic mass is 9.89. The fourth-order valence-electron chi connectivity index (χ4n) is 8.32. The van der Waals surface area contributed by atoms with Gasteiger partial charge in [0, 0.05) is 39.5 Å². The third-order valence-corrected chi connectivity index (χ3v) is 11.7. The van der Waals surface area contributed by atoms with Crippen LogP contribution in [0.5, 0.6) is 0 Å². The zero-order chi connectivity index (χ0) is 40.1. The minimum atomic E-state index is -0.728. The van der Waals surface area contributed by atoms with E-state index in [1.54, 1.807) is 44.1 Å². The van der Waals surface area contributed by atoms with Crippen molar-refractivity contribution in [3.8, 4) is 6.07 Å². The van der Waals surface area contributed by atoms with E-state index in [1.165, 1.54) is 0 Å². The molecule has 3 rings (SSSR count). The molecule has 2 aliphatic heterocycles. The number of piperidine rings is 1. The molecule has 2 heterocycles. The van der Waals surface area contributed by atoms with Gasteiger partial charge in [0.2, 0.25) is 23.6 Å². The van der Waals surface area contributed by atoms with E-state index in [0.717, 1.165) is 44.2 Å². The number of nitrogens with one attached hydrogen (secondary N) is 2. The minimum absolute atomic E-state index is 0.0109. The Hall–Kier alpha value is -3.73. The molecule has 0 aromatic heterocycles. The average molecular weight is 754 g/mol. The predicted octanol–water partition coefficient (Wildman–Crippen LogP) is 3.76. The molecule has 2 fully saturated rings. The van der Waals surface area contributed by atoms with E-state index in [9.17, 15) is 24.4 Å². The van der Waals surface area contributed by atoms with Crippen LogP contribution in [0, 0.1) is 29.1 Å². The third-order valence-electron chi connectivity index (χ3n) is 11.7. The first kappa shape index (κ1) is 44.7. The van der Waals surface area contributed by atoms with Crippen LogP contribution in [-0.2, 0) is 35.1 Å². The molecule has 0 aliphatic carbocycles. The number of nitrogens with two attached hydrogens (primary N) is 1. The number of rotatable bonds is 19. The van der Waals surface area contributed by atoms with Crippen molar-refractivity contribution in [3.63, 3.8) is 0 Å². The number of nitriles is 1. The van der Waals surface area contributed by atoms with Gasteiger partial charge in [-0.3, -0.25) is 24.1 Å². The number of benzene rings is 1.